The number of furan rings is 1. The lowest BCUT2D eigenvalue weighted by atomic mass is 10.2. The summed E-state index contributed by atoms with van der Waals surface area (Å²) in [5, 5.41) is 2.91. The van der Waals surface area contributed by atoms with E-state index in [4.69, 9.17) is 4.42 Å². The highest BCUT2D eigenvalue weighted by Gasteiger charge is 2.08. The van der Waals surface area contributed by atoms with Crippen LogP contribution in [-0.4, -0.2) is 10.9 Å². The van der Waals surface area contributed by atoms with Crippen LogP contribution in [0.5, 0.6) is 0 Å². The van der Waals surface area contributed by atoms with Crippen molar-refractivity contribution in [1.82, 2.24) is 10.3 Å². The molecule has 106 valence electrons. The molecule has 1 amide bonds. The van der Waals surface area contributed by atoms with Crippen LogP contribution in [0, 0.1) is 6.92 Å². The Hall–Kier alpha value is -2.40. The van der Waals surface area contributed by atoms with Gasteiger partial charge in [-0.1, -0.05) is 0 Å². The van der Waals surface area contributed by atoms with Gasteiger partial charge in [0.1, 0.15) is 5.69 Å². The summed E-state index contributed by atoms with van der Waals surface area (Å²) in [7, 11) is 0. The van der Waals surface area contributed by atoms with E-state index >= 15 is 0 Å². The third-order valence-electron chi connectivity index (χ3n) is 3.02. The molecule has 0 aliphatic rings. The van der Waals surface area contributed by atoms with Gasteiger partial charge in [0, 0.05) is 17.6 Å². The first-order valence-electron chi connectivity index (χ1n) is 6.56. The fourth-order valence-electron chi connectivity index (χ4n) is 1.97. The average Bonchev–Trinajstić information content (AvgIpc) is 3.16. The van der Waals surface area contributed by atoms with E-state index in [1.54, 1.807) is 12.5 Å². The summed E-state index contributed by atoms with van der Waals surface area (Å²) in [6.07, 6.45) is 3.33. The zero-order chi connectivity index (χ0) is 14.7. The molecule has 3 aromatic rings. The van der Waals surface area contributed by atoms with E-state index in [0.29, 0.717) is 6.54 Å². The van der Waals surface area contributed by atoms with Crippen molar-refractivity contribution in [2.75, 3.05) is 0 Å². The van der Waals surface area contributed by atoms with Crippen molar-refractivity contribution >= 4 is 17.2 Å². The second-order valence-electron chi connectivity index (χ2n) is 4.62. The Morgan fingerprint density at radius 3 is 2.95 bits per heavy atom. The Kier molecular flexibility index (Phi) is 3.83. The number of thiophene rings is 1. The van der Waals surface area contributed by atoms with Crippen LogP contribution in [0.2, 0.25) is 0 Å². The first-order valence-corrected chi connectivity index (χ1v) is 7.37. The number of rotatable bonds is 4. The molecule has 1 N–H and O–H groups in total. The lowest BCUT2D eigenvalue weighted by molar-refractivity contribution is 0.0955. The highest BCUT2D eigenvalue weighted by molar-refractivity contribution is 7.13. The van der Waals surface area contributed by atoms with E-state index in [2.05, 4.69) is 10.3 Å². The zero-order valence-corrected chi connectivity index (χ0v) is 12.3. The molecule has 0 fully saturated rings. The van der Waals surface area contributed by atoms with Crippen molar-refractivity contribution in [1.29, 1.82) is 0 Å². The number of hydrogen-bond donors (Lipinski definition) is 1. The zero-order valence-electron chi connectivity index (χ0n) is 11.5. The Morgan fingerprint density at radius 2 is 2.24 bits per heavy atom. The van der Waals surface area contributed by atoms with Crippen LogP contribution in [-0.2, 0) is 6.54 Å². The van der Waals surface area contributed by atoms with Crippen molar-refractivity contribution < 1.29 is 9.21 Å². The van der Waals surface area contributed by atoms with E-state index in [-0.39, 0.29) is 5.91 Å². The number of aromatic nitrogens is 1. The maximum absolute atomic E-state index is 12.0. The number of carbonyl (C=O) groups excluding carboxylic acids is 1. The summed E-state index contributed by atoms with van der Waals surface area (Å²) in [6.45, 7) is 2.45. The van der Waals surface area contributed by atoms with E-state index in [1.807, 2.05) is 43.3 Å². The summed E-state index contributed by atoms with van der Waals surface area (Å²) in [5.41, 5.74) is 1.75. The number of nitrogens with zero attached hydrogens (tertiary/aromatic N) is 1. The van der Waals surface area contributed by atoms with Gasteiger partial charge in [0.25, 0.3) is 5.91 Å². The minimum Gasteiger partial charge on any atom is -0.463 e. The number of pyridine rings is 1. The fraction of sp³-hybridized carbons (Fsp3) is 0.125. The topological polar surface area (TPSA) is 55.1 Å². The standard InChI is InChI=1S/C16H14N2O2S/c1-11-4-5-15(21-11)16(19)18-10-12-6-7-17-13(9-12)14-3-2-8-20-14/h2-9H,10H2,1H3,(H,18,19). The SMILES string of the molecule is Cc1ccc(C(=O)NCc2ccnc(-c3ccco3)c2)s1. The lowest BCUT2D eigenvalue weighted by Gasteiger charge is -2.05. The quantitative estimate of drug-likeness (QED) is 0.800. The van der Waals surface area contributed by atoms with Crippen LogP contribution in [0.15, 0.2) is 53.3 Å². The highest BCUT2D eigenvalue weighted by Crippen LogP contribution is 2.18. The molecule has 0 bridgehead atoms. The second-order valence-corrected chi connectivity index (χ2v) is 5.91. The number of nitrogens with one attached hydrogen (secondary N) is 1. The van der Waals surface area contributed by atoms with Gasteiger partial charge in [-0.3, -0.25) is 9.78 Å². The largest absolute Gasteiger partial charge is 0.463 e. The Balaban J connectivity index is 1.68. The summed E-state index contributed by atoms with van der Waals surface area (Å²) in [4.78, 5) is 18.1. The molecule has 3 rings (SSSR count). The molecular weight excluding hydrogens is 284 g/mol. The molecule has 0 unspecified atom stereocenters. The summed E-state index contributed by atoms with van der Waals surface area (Å²) in [5.74, 6) is 0.668. The van der Waals surface area contributed by atoms with Crippen molar-refractivity contribution in [2.45, 2.75) is 13.5 Å². The van der Waals surface area contributed by atoms with Crippen LogP contribution in [0.3, 0.4) is 0 Å². The third-order valence-corrected chi connectivity index (χ3v) is 4.01. The monoisotopic (exact) mass is 298 g/mol. The summed E-state index contributed by atoms with van der Waals surface area (Å²) >= 11 is 1.49. The minimum atomic E-state index is -0.0514. The molecule has 0 aromatic carbocycles. The lowest BCUT2D eigenvalue weighted by Crippen LogP contribution is -2.21. The van der Waals surface area contributed by atoms with Gasteiger partial charge >= 0.3 is 0 Å². The third kappa shape index (κ3) is 3.20. The van der Waals surface area contributed by atoms with Crippen LogP contribution < -0.4 is 5.32 Å². The van der Waals surface area contributed by atoms with Gasteiger partial charge in [0.15, 0.2) is 5.76 Å². The van der Waals surface area contributed by atoms with Gasteiger partial charge in [-0.25, -0.2) is 0 Å². The highest BCUT2D eigenvalue weighted by atomic mass is 32.1. The van der Waals surface area contributed by atoms with E-state index in [1.165, 1.54) is 11.3 Å². The number of hydrogen-bond acceptors (Lipinski definition) is 4. The van der Waals surface area contributed by atoms with Crippen molar-refractivity contribution in [3.05, 3.63) is 64.2 Å². The van der Waals surface area contributed by atoms with E-state index in [9.17, 15) is 4.79 Å². The predicted octanol–water partition coefficient (Wildman–Crippen LogP) is 3.64. The number of aryl methyl sites for hydroxylation is 1. The molecule has 0 saturated carbocycles. The smallest absolute Gasteiger partial charge is 0.261 e. The fourth-order valence-corrected chi connectivity index (χ4v) is 2.75. The molecule has 0 atom stereocenters. The van der Waals surface area contributed by atoms with Crippen LogP contribution in [0.25, 0.3) is 11.5 Å². The Bertz CT molecular complexity index is 747. The first kappa shape index (κ1) is 13.6. The van der Waals surface area contributed by atoms with E-state index < -0.39 is 0 Å². The van der Waals surface area contributed by atoms with Crippen molar-refractivity contribution in [3.63, 3.8) is 0 Å². The normalized spacial score (nSPS) is 10.5. The molecule has 5 heteroatoms. The molecule has 21 heavy (non-hydrogen) atoms. The van der Waals surface area contributed by atoms with Gasteiger partial charge in [0.05, 0.1) is 11.1 Å². The minimum absolute atomic E-state index is 0.0514. The molecule has 4 nitrogen and oxygen atoms in total. The molecule has 0 spiro atoms. The Labute approximate surface area is 126 Å². The second kappa shape index (κ2) is 5.93. The van der Waals surface area contributed by atoms with Crippen LogP contribution in [0.4, 0.5) is 0 Å². The van der Waals surface area contributed by atoms with Crippen molar-refractivity contribution in [3.8, 4) is 11.5 Å². The maximum atomic E-state index is 12.0. The molecule has 3 aromatic heterocycles. The van der Waals surface area contributed by atoms with Gasteiger partial charge in [-0.15, -0.1) is 11.3 Å². The van der Waals surface area contributed by atoms with Crippen molar-refractivity contribution in [2.24, 2.45) is 0 Å². The number of amides is 1. The van der Waals surface area contributed by atoms with Crippen LogP contribution >= 0.6 is 11.3 Å². The predicted molar refractivity (Wildman–Crippen MR) is 82.2 cm³/mol. The first-order chi connectivity index (χ1) is 10.2. The molecule has 0 radical (unpaired) electrons. The molecule has 0 aliphatic carbocycles. The molecular formula is C16H14N2O2S. The van der Waals surface area contributed by atoms with E-state index in [0.717, 1.165) is 26.8 Å². The average molecular weight is 298 g/mol. The van der Waals surface area contributed by atoms with Crippen LogP contribution in [0.1, 0.15) is 20.1 Å². The number of carbonyl (C=O) groups is 1. The molecule has 3 heterocycles. The van der Waals surface area contributed by atoms with Gasteiger partial charge in [-0.2, -0.15) is 0 Å². The molecule has 0 saturated heterocycles. The van der Waals surface area contributed by atoms with Gasteiger partial charge < -0.3 is 9.73 Å². The summed E-state index contributed by atoms with van der Waals surface area (Å²) < 4.78 is 5.32. The Morgan fingerprint density at radius 1 is 1.33 bits per heavy atom. The maximum Gasteiger partial charge on any atom is 0.261 e. The van der Waals surface area contributed by atoms with Gasteiger partial charge in [-0.05, 0) is 48.9 Å². The van der Waals surface area contributed by atoms with Gasteiger partial charge in [0.2, 0.25) is 0 Å². The molecule has 0 aliphatic heterocycles. The summed E-state index contributed by atoms with van der Waals surface area (Å²) in [6, 6.07) is 11.3.